The van der Waals surface area contributed by atoms with Crippen LogP contribution in [0.5, 0.6) is 11.5 Å². The summed E-state index contributed by atoms with van der Waals surface area (Å²) in [6.07, 6.45) is 0. The molecular formula is C12H17NO4. The first-order valence-electron chi connectivity index (χ1n) is 5.28. The number of benzene rings is 1. The zero-order valence-electron chi connectivity index (χ0n) is 10.2. The highest BCUT2D eigenvalue weighted by molar-refractivity contribution is 5.77. The topological polar surface area (TPSA) is 70.8 Å². The van der Waals surface area contributed by atoms with E-state index in [9.17, 15) is 4.79 Å². The SMILES string of the molecule is CCOC(=O)C(N)c1ccc(OC)c(OC)c1. The molecule has 0 aliphatic rings. The van der Waals surface area contributed by atoms with Gasteiger partial charge in [0.2, 0.25) is 0 Å². The average Bonchev–Trinajstić information content (AvgIpc) is 2.37. The molecule has 0 aliphatic heterocycles. The zero-order chi connectivity index (χ0) is 12.8. The molecule has 0 saturated heterocycles. The maximum atomic E-state index is 11.5. The molecule has 0 fully saturated rings. The van der Waals surface area contributed by atoms with Crippen molar-refractivity contribution in [2.24, 2.45) is 5.73 Å². The number of hydrogen-bond acceptors (Lipinski definition) is 5. The Morgan fingerprint density at radius 1 is 1.29 bits per heavy atom. The first-order chi connectivity index (χ1) is 8.13. The van der Waals surface area contributed by atoms with Crippen LogP contribution >= 0.6 is 0 Å². The van der Waals surface area contributed by atoms with Crippen molar-refractivity contribution in [1.29, 1.82) is 0 Å². The molecule has 1 unspecified atom stereocenters. The molecule has 0 radical (unpaired) electrons. The standard InChI is InChI=1S/C12H17NO4/c1-4-17-12(14)11(13)8-5-6-9(15-2)10(7-8)16-3/h5-7,11H,4,13H2,1-3H3. The van der Waals surface area contributed by atoms with Gasteiger partial charge in [-0.05, 0) is 24.6 Å². The van der Waals surface area contributed by atoms with Gasteiger partial charge in [0.05, 0.1) is 20.8 Å². The van der Waals surface area contributed by atoms with Gasteiger partial charge in [0.25, 0.3) is 0 Å². The van der Waals surface area contributed by atoms with E-state index in [0.717, 1.165) is 0 Å². The summed E-state index contributed by atoms with van der Waals surface area (Å²) < 4.78 is 15.1. The maximum absolute atomic E-state index is 11.5. The second-order valence-corrected chi connectivity index (χ2v) is 3.34. The zero-order valence-corrected chi connectivity index (χ0v) is 10.2. The number of hydrogen-bond donors (Lipinski definition) is 1. The smallest absolute Gasteiger partial charge is 0.327 e. The first-order valence-corrected chi connectivity index (χ1v) is 5.28. The quantitative estimate of drug-likeness (QED) is 0.783. The van der Waals surface area contributed by atoms with Crippen molar-refractivity contribution in [1.82, 2.24) is 0 Å². The third-order valence-electron chi connectivity index (χ3n) is 2.31. The number of nitrogens with two attached hydrogens (primary N) is 1. The van der Waals surface area contributed by atoms with E-state index in [4.69, 9.17) is 19.9 Å². The number of methoxy groups -OCH3 is 2. The van der Waals surface area contributed by atoms with E-state index in [1.54, 1.807) is 32.2 Å². The summed E-state index contributed by atoms with van der Waals surface area (Å²) in [6.45, 7) is 2.04. The van der Waals surface area contributed by atoms with E-state index in [0.29, 0.717) is 23.7 Å². The van der Waals surface area contributed by atoms with Crippen LogP contribution in [0.2, 0.25) is 0 Å². The average molecular weight is 239 g/mol. The Kier molecular flexibility index (Phi) is 4.78. The molecule has 5 heteroatoms. The number of rotatable bonds is 5. The molecule has 1 aromatic rings. The van der Waals surface area contributed by atoms with Crippen LogP contribution in [0.25, 0.3) is 0 Å². The van der Waals surface area contributed by atoms with Crippen molar-refractivity contribution in [2.75, 3.05) is 20.8 Å². The van der Waals surface area contributed by atoms with Crippen LogP contribution < -0.4 is 15.2 Å². The van der Waals surface area contributed by atoms with Gasteiger partial charge in [0, 0.05) is 0 Å². The Labute approximate surface area is 100 Å². The van der Waals surface area contributed by atoms with E-state index < -0.39 is 12.0 Å². The van der Waals surface area contributed by atoms with E-state index in [2.05, 4.69) is 0 Å². The van der Waals surface area contributed by atoms with Gasteiger partial charge in [0.15, 0.2) is 11.5 Å². The van der Waals surface area contributed by atoms with Gasteiger partial charge in [-0.1, -0.05) is 6.07 Å². The number of carbonyl (C=O) groups excluding carboxylic acids is 1. The molecule has 0 spiro atoms. The molecule has 0 heterocycles. The summed E-state index contributed by atoms with van der Waals surface area (Å²) in [7, 11) is 3.07. The normalized spacial score (nSPS) is 11.8. The molecule has 94 valence electrons. The van der Waals surface area contributed by atoms with Crippen LogP contribution in [0.4, 0.5) is 0 Å². The number of esters is 1. The molecule has 1 rings (SSSR count). The van der Waals surface area contributed by atoms with Crippen LogP contribution in [-0.2, 0) is 9.53 Å². The Bertz CT molecular complexity index is 392. The highest BCUT2D eigenvalue weighted by Crippen LogP contribution is 2.29. The van der Waals surface area contributed by atoms with Crippen LogP contribution in [0.1, 0.15) is 18.5 Å². The molecule has 17 heavy (non-hydrogen) atoms. The van der Waals surface area contributed by atoms with Crippen LogP contribution in [0, 0.1) is 0 Å². The Morgan fingerprint density at radius 3 is 2.47 bits per heavy atom. The van der Waals surface area contributed by atoms with Crippen LogP contribution in [0.15, 0.2) is 18.2 Å². The largest absolute Gasteiger partial charge is 0.493 e. The van der Waals surface area contributed by atoms with Crippen LogP contribution in [0.3, 0.4) is 0 Å². The highest BCUT2D eigenvalue weighted by Gasteiger charge is 2.18. The lowest BCUT2D eigenvalue weighted by Gasteiger charge is -2.13. The van der Waals surface area contributed by atoms with Crippen molar-refractivity contribution in [3.8, 4) is 11.5 Å². The van der Waals surface area contributed by atoms with E-state index in [1.807, 2.05) is 0 Å². The Morgan fingerprint density at radius 2 is 1.94 bits per heavy atom. The highest BCUT2D eigenvalue weighted by atomic mass is 16.5. The third-order valence-corrected chi connectivity index (χ3v) is 2.31. The fourth-order valence-electron chi connectivity index (χ4n) is 1.41. The number of ether oxygens (including phenoxy) is 3. The lowest BCUT2D eigenvalue weighted by Crippen LogP contribution is -2.23. The Hall–Kier alpha value is -1.75. The molecule has 5 nitrogen and oxygen atoms in total. The molecule has 0 saturated carbocycles. The molecule has 0 aromatic heterocycles. The summed E-state index contributed by atoms with van der Waals surface area (Å²) in [5.74, 6) is 0.664. The lowest BCUT2D eigenvalue weighted by molar-refractivity contribution is -0.144. The summed E-state index contributed by atoms with van der Waals surface area (Å²) in [6, 6.07) is 4.27. The molecule has 1 aromatic carbocycles. The van der Waals surface area contributed by atoms with E-state index in [1.165, 1.54) is 7.11 Å². The predicted molar refractivity (Wildman–Crippen MR) is 63.1 cm³/mol. The monoisotopic (exact) mass is 239 g/mol. The molecule has 2 N–H and O–H groups in total. The number of carbonyl (C=O) groups is 1. The summed E-state index contributed by atoms with van der Waals surface area (Å²) >= 11 is 0. The second kappa shape index (κ2) is 6.10. The minimum Gasteiger partial charge on any atom is -0.493 e. The van der Waals surface area contributed by atoms with Gasteiger partial charge >= 0.3 is 5.97 Å². The van der Waals surface area contributed by atoms with Gasteiger partial charge in [-0.15, -0.1) is 0 Å². The minimum absolute atomic E-state index is 0.305. The fourth-order valence-corrected chi connectivity index (χ4v) is 1.41. The van der Waals surface area contributed by atoms with Crippen molar-refractivity contribution < 1.29 is 19.0 Å². The van der Waals surface area contributed by atoms with Crippen molar-refractivity contribution in [3.63, 3.8) is 0 Å². The first kappa shape index (κ1) is 13.3. The third kappa shape index (κ3) is 3.10. The van der Waals surface area contributed by atoms with Gasteiger partial charge < -0.3 is 19.9 Å². The second-order valence-electron chi connectivity index (χ2n) is 3.34. The van der Waals surface area contributed by atoms with Gasteiger partial charge in [-0.3, -0.25) is 0 Å². The van der Waals surface area contributed by atoms with Crippen LogP contribution in [-0.4, -0.2) is 26.8 Å². The van der Waals surface area contributed by atoms with Gasteiger partial charge in [-0.25, -0.2) is 4.79 Å². The molecule has 0 bridgehead atoms. The molecule has 0 amide bonds. The van der Waals surface area contributed by atoms with Gasteiger partial charge in [-0.2, -0.15) is 0 Å². The summed E-state index contributed by atoms with van der Waals surface area (Å²) in [5.41, 5.74) is 6.39. The maximum Gasteiger partial charge on any atom is 0.327 e. The predicted octanol–water partition coefficient (Wildman–Crippen LogP) is 1.27. The summed E-state index contributed by atoms with van der Waals surface area (Å²) in [4.78, 5) is 11.5. The van der Waals surface area contributed by atoms with Crippen molar-refractivity contribution in [2.45, 2.75) is 13.0 Å². The van der Waals surface area contributed by atoms with Crippen molar-refractivity contribution in [3.05, 3.63) is 23.8 Å². The molecule has 1 atom stereocenters. The fraction of sp³-hybridized carbons (Fsp3) is 0.417. The van der Waals surface area contributed by atoms with Crippen molar-refractivity contribution >= 4 is 5.97 Å². The lowest BCUT2D eigenvalue weighted by atomic mass is 10.1. The van der Waals surface area contributed by atoms with E-state index in [-0.39, 0.29) is 0 Å². The minimum atomic E-state index is -0.810. The summed E-state index contributed by atoms with van der Waals surface area (Å²) in [5, 5.41) is 0. The Balaban J connectivity index is 2.95. The molecular weight excluding hydrogens is 222 g/mol. The van der Waals surface area contributed by atoms with E-state index >= 15 is 0 Å². The molecule has 0 aliphatic carbocycles. The van der Waals surface area contributed by atoms with Gasteiger partial charge in [0.1, 0.15) is 6.04 Å².